The number of amides is 2. The average molecular weight is 351 g/mol. The highest BCUT2D eigenvalue weighted by molar-refractivity contribution is 6.01. The largest absolute Gasteiger partial charge is 0.486 e. The van der Waals surface area contributed by atoms with Gasteiger partial charge in [-0.05, 0) is 42.8 Å². The van der Waals surface area contributed by atoms with E-state index in [9.17, 15) is 9.59 Å². The molecule has 132 valence electrons. The number of aromatic nitrogens is 1. The third-order valence-electron chi connectivity index (χ3n) is 4.12. The Morgan fingerprint density at radius 2 is 1.69 bits per heavy atom. The maximum Gasteiger partial charge on any atom is 0.286 e. The number of hydrazine groups is 1. The maximum absolute atomic E-state index is 12.3. The van der Waals surface area contributed by atoms with Crippen LogP contribution < -0.4 is 20.3 Å². The summed E-state index contributed by atoms with van der Waals surface area (Å²) < 4.78 is 10.9. The molecule has 2 aromatic carbocycles. The lowest BCUT2D eigenvalue weighted by atomic mass is 10.2. The van der Waals surface area contributed by atoms with Crippen LogP contribution in [0.2, 0.25) is 0 Å². The molecule has 1 aliphatic rings. The van der Waals surface area contributed by atoms with Crippen LogP contribution in [0, 0.1) is 6.92 Å². The van der Waals surface area contributed by atoms with Crippen LogP contribution in [0.3, 0.4) is 0 Å². The molecule has 0 saturated heterocycles. The Morgan fingerprint density at radius 1 is 0.923 bits per heavy atom. The van der Waals surface area contributed by atoms with Crippen LogP contribution in [0.1, 0.15) is 26.4 Å². The Balaban J connectivity index is 1.44. The monoisotopic (exact) mass is 351 g/mol. The fourth-order valence-corrected chi connectivity index (χ4v) is 2.80. The fraction of sp³-hybridized carbons (Fsp3) is 0.158. The molecule has 0 aliphatic carbocycles. The number of ether oxygens (including phenoxy) is 2. The van der Waals surface area contributed by atoms with E-state index in [0.29, 0.717) is 36.0 Å². The van der Waals surface area contributed by atoms with E-state index in [1.54, 1.807) is 24.3 Å². The van der Waals surface area contributed by atoms with Gasteiger partial charge in [-0.2, -0.15) is 0 Å². The van der Waals surface area contributed by atoms with Gasteiger partial charge in [-0.25, -0.2) is 0 Å². The van der Waals surface area contributed by atoms with Gasteiger partial charge in [0, 0.05) is 16.5 Å². The summed E-state index contributed by atoms with van der Waals surface area (Å²) in [4.78, 5) is 27.6. The molecule has 1 aliphatic heterocycles. The number of hydrogen-bond acceptors (Lipinski definition) is 4. The lowest BCUT2D eigenvalue weighted by molar-refractivity contribution is 0.0844. The van der Waals surface area contributed by atoms with Crippen molar-refractivity contribution < 1.29 is 19.1 Å². The lowest BCUT2D eigenvalue weighted by Crippen LogP contribution is -2.41. The van der Waals surface area contributed by atoms with Crippen molar-refractivity contribution in [3.05, 3.63) is 59.3 Å². The van der Waals surface area contributed by atoms with Crippen LogP contribution in [-0.2, 0) is 0 Å². The fourth-order valence-electron chi connectivity index (χ4n) is 2.80. The zero-order chi connectivity index (χ0) is 18.1. The van der Waals surface area contributed by atoms with Gasteiger partial charge in [0.15, 0.2) is 11.5 Å². The van der Waals surface area contributed by atoms with Gasteiger partial charge in [0.1, 0.15) is 18.9 Å². The molecule has 0 bridgehead atoms. The number of fused-ring (bicyclic) bond motifs is 2. The second kappa shape index (κ2) is 6.44. The first-order valence-electron chi connectivity index (χ1n) is 8.20. The van der Waals surface area contributed by atoms with Crippen LogP contribution >= 0.6 is 0 Å². The molecule has 1 aromatic heterocycles. The number of H-pyrrole nitrogens is 1. The molecule has 4 rings (SSSR count). The number of hydrogen-bond donors (Lipinski definition) is 3. The number of rotatable bonds is 2. The molecule has 0 unspecified atom stereocenters. The summed E-state index contributed by atoms with van der Waals surface area (Å²) in [5, 5.41) is 0.930. The van der Waals surface area contributed by atoms with Crippen LogP contribution in [0.15, 0.2) is 42.5 Å². The van der Waals surface area contributed by atoms with Crippen molar-refractivity contribution in [3.63, 3.8) is 0 Å². The zero-order valence-electron chi connectivity index (χ0n) is 14.1. The van der Waals surface area contributed by atoms with Gasteiger partial charge >= 0.3 is 0 Å². The van der Waals surface area contributed by atoms with Gasteiger partial charge in [0.2, 0.25) is 0 Å². The Labute approximate surface area is 149 Å². The van der Waals surface area contributed by atoms with Crippen molar-refractivity contribution in [1.29, 1.82) is 0 Å². The minimum atomic E-state index is -0.442. The normalized spacial score (nSPS) is 12.7. The van der Waals surface area contributed by atoms with Crippen molar-refractivity contribution in [2.24, 2.45) is 0 Å². The van der Waals surface area contributed by atoms with Gasteiger partial charge in [-0.15, -0.1) is 0 Å². The van der Waals surface area contributed by atoms with Gasteiger partial charge in [0.05, 0.1) is 0 Å². The second-order valence-corrected chi connectivity index (χ2v) is 6.04. The zero-order valence-corrected chi connectivity index (χ0v) is 14.1. The molecule has 2 amide bonds. The van der Waals surface area contributed by atoms with Gasteiger partial charge in [-0.1, -0.05) is 12.1 Å². The molecular weight excluding hydrogens is 334 g/mol. The summed E-state index contributed by atoms with van der Waals surface area (Å²) in [7, 11) is 0. The van der Waals surface area contributed by atoms with Gasteiger partial charge < -0.3 is 14.5 Å². The Kier molecular flexibility index (Phi) is 3.96. The highest BCUT2D eigenvalue weighted by atomic mass is 16.6. The minimum absolute atomic E-state index is 0.363. The molecular formula is C19H17N3O4. The molecule has 26 heavy (non-hydrogen) atoms. The number of carbonyl (C=O) groups is 2. The molecule has 7 nitrogen and oxygen atoms in total. The first-order valence-corrected chi connectivity index (χ1v) is 8.20. The van der Waals surface area contributed by atoms with Crippen LogP contribution in [-0.4, -0.2) is 30.0 Å². The van der Waals surface area contributed by atoms with Crippen LogP contribution in [0.5, 0.6) is 11.5 Å². The van der Waals surface area contributed by atoms with E-state index < -0.39 is 11.8 Å². The Hall–Kier alpha value is -3.48. The molecule has 0 radical (unpaired) electrons. The van der Waals surface area contributed by atoms with E-state index >= 15 is 0 Å². The standard InChI is InChI=1S/C19H17N3O4/c1-11-2-3-12-9-15(20-14(12)8-11)19(24)22-21-18(23)13-4-5-16-17(10-13)26-7-6-25-16/h2-5,8-10,20H,6-7H2,1H3,(H,21,23)(H,22,24). The SMILES string of the molecule is Cc1ccc2cc(C(=O)NNC(=O)c3ccc4c(c3)OCCO4)[nH]c2c1. The smallest absolute Gasteiger partial charge is 0.286 e. The molecule has 0 spiro atoms. The maximum atomic E-state index is 12.3. The van der Waals surface area contributed by atoms with Crippen molar-refractivity contribution in [1.82, 2.24) is 15.8 Å². The number of nitrogens with one attached hydrogen (secondary N) is 3. The molecule has 0 saturated carbocycles. The highest BCUT2D eigenvalue weighted by Gasteiger charge is 2.16. The summed E-state index contributed by atoms with van der Waals surface area (Å²) in [5.74, 6) is 0.249. The highest BCUT2D eigenvalue weighted by Crippen LogP contribution is 2.30. The average Bonchev–Trinajstić information content (AvgIpc) is 3.08. The predicted molar refractivity (Wildman–Crippen MR) is 95.4 cm³/mol. The third kappa shape index (κ3) is 3.06. The molecule has 0 atom stereocenters. The minimum Gasteiger partial charge on any atom is -0.486 e. The third-order valence-corrected chi connectivity index (χ3v) is 4.12. The van der Waals surface area contributed by atoms with E-state index in [1.165, 1.54) is 0 Å². The van der Waals surface area contributed by atoms with Crippen molar-refractivity contribution >= 4 is 22.7 Å². The molecule has 2 heterocycles. The number of aryl methyl sites for hydroxylation is 1. The van der Waals surface area contributed by atoms with Crippen LogP contribution in [0.25, 0.3) is 10.9 Å². The van der Waals surface area contributed by atoms with E-state index in [0.717, 1.165) is 16.5 Å². The summed E-state index contributed by atoms with van der Waals surface area (Å²) >= 11 is 0. The van der Waals surface area contributed by atoms with E-state index in [-0.39, 0.29) is 0 Å². The second-order valence-electron chi connectivity index (χ2n) is 6.04. The van der Waals surface area contributed by atoms with E-state index in [1.807, 2.05) is 25.1 Å². The molecule has 0 fully saturated rings. The summed E-state index contributed by atoms with van der Waals surface area (Å²) in [6.45, 7) is 2.90. The Bertz CT molecular complexity index is 1010. The lowest BCUT2D eigenvalue weighted by Gasteiger charge is -2.18. The summed E-state index contributed by atoms with van der Waals surface area (Å²) in [5.41, 5.74) is 7.51. The molecule has 7 heteroatoms. The van der Waals surface area contributed by atoms with Gasteiger partial charge in [0.25, 0.3) is 11.8 Å². The summed E-state index contributed by atoms with van der Waals surface area (Å²) in [6.07, 6.45) is 0. The number of benzene rings is 2. The van der Waals surface area contributed by atoms with E-state index in [4.69, 9.17) is 9.47 Å². The molecule has 3 N–H and O–H groups in total. The summed E-state index contributed by atoms with van der Waals surface area (Å²) in [6, 6.07) is 12.5. The van der Waals surface area contributed by atoms with E-state index in [2.05, 4.69) is 15.8 Å². The van der Waals surface area contributed by atoms with Gasteiger partial charge in [-0.3, -0.25) is 20.4 Å². The number of aromatic amines is 1. The molecule has 3 aromatic rings. The predicted octanol–water partition coefficient (Wildman–Crippen LogP) is 2.32. The van der Waals surface area contributed by atoms with Crippen molar-refractivity contribution in [2.45, 2.75) is 6.92 Å². The first kappa shape index (κ1) is 16.0. The topological polar surface area (TPSA) is 92.5 Å². The van der Waals surface area contributed by atoms with Crippen molar-refractivity contribution in [3.8, 4) is 11.5 Å². The quantitative estimate of drug-likeness (QED) is 0.618. The van der Waals surface area contributed by atoms with Crippen molar-refractivity contribution in [2.75, 3.05) is 13.2 Å². The van der Waals surface area contributed by atoms with Crippen LogP contribution in [0.4, 0.5) is 0 Å². The first-order chi connectivity index (χ1) is 12.6. The number of carbonyl (C=O) groups excluding carboxylic acids is 2. The Morgan fingerprint density at radius 3 is 2.54 bits per heavy atom.